The molecule has 0 unspecified atom stereocenters. The predicted octanol–water partition coefficient (Wildman–Crippen LogP) is 3.34. The van der Waals surface area contributed by atoms with Crippen molar-refractivity contribution in [2.24, 2.45) is 5.73 Å². The summed E-state index contributed by atoms with van der Waals surface area (Å²) in [5, 5.41) is 0. The number of fused-ring (bicyclic) bond motifs is 1. The standard InChI is InChI=1S/C34H49N5O6/c1-5-6-12-39(30-9-7-8-25(15-30)19-35)33(42)21-38-20-27(26-16-28(22-43-4)34-31(18-26)44-24-45-34)17-29(38)10-14-37(23-40)32(41)11-13-36(2)3/h7-9,15-16,18,23,27,29H,5-6,10-14,17,19-22,24,35H2,1-4H3/t27-,29+/m1/s1. The van der Waals surface area contributed by atoms with Crippen LogP contribution in [0.4, 0.5) is 5.69 Å². The highest BCUT2D eigenvalue weighted by Crippen LogP contribution is 2.42. The Morgan fingerprint density at radius 3 is 2.64 bits per heavy atom. The third-order valence-electron chi connectivity index (χ3n) is 8.63. The van der Waals surface area contributed by atoms with Crippen molar-refractivity contribution in [3.05, 3.63) is 53.1 Å². The minimum absolute atomic E-state index is 0.0113. The second kappa shape index (κ2) is 16.7. The number of unbranched alkanes of at least 4 members (excludes halogenated alkanes) is 1. The van der Waals surface area contributed by atoms with Gasteiger partial charge >= 0.3 is 0 Å². The van der Waals surface area contributed by atoms with E-state index >= 15 is 0 Å². The minimum Gasteiger partial charge on any atom is -0.454 e. The van der Waals surface area contributed by atoms with Crippen LogP contribution in [0.5, 0.6) is 11.5 Å². The van der Waals surface area contributed by atoms with E-state index in [1.54, 1.807) is 7.11 Å². The zero-order valence-electron chi connectivity index (χ0n) is 27.2. The molecule has 246 valence electrons. The number of nitrogens with zero attached hydrogens (tertiary/aromatic N) is 4. The molecule has 2 aliphatic rings. The molecule has 45 heavy (non-hydrogen) atoms. The fraction of sp³-hybridized carbons (Fsp3) is 0.559. The summed E-state index contributed by atoms with van der Waals surface area (Å²) >= 11 is 0. The molecule has 1 saturated heterocycles. The number of hydrogen-bond acceptors (Lipinski definition) is 9. The number of hydrogen-bond donors (Lipinski definition) is 1. The van der Waals surface area contributed by atoms with Crippen LogP contribution < -0.4 is 20.1 Å². The zero-order valence-corrected chi connectivity index (χ0v) is 27.2. The fourth-order valence-corrected chi connectivity index (χ4v) is 6.14. The number of imide groups is 1. The van der Waals surface area contributed by atoms with E-state index in [0.717, 1.165) is 41.6 Å². The van der Waals surface area contributed by atoms with E-state index < -0.39 is 0 Å². The van der Waals surface area contributed by atoms with Gasteiger partial charge in [0, 0.05) is 63.5 Å². The van der Waals surface area contributed by atoms with Gasteiger partial charge in [0.15, 0.2) is 11.5 Å². The average molecular weight is 624 g/mol. The van der Waals surface area contributed by atoms with Gasteiger partial charge in [0.1, 0.15) is 0 Å². The predicted molar refractivity (Wildman–Crippen MR) is 173 cm³/mol. The Hall–Kier alpha value is -3.51. The number of carbonyl (C=O) groups is 3. The largest absolute Gasteiger partial charge is 0.454 e. The summed E-state index contributed by atoms with van der Waals surface area (Å²) in [5.74, 6) is 1.36. The smallest absolute Gasteiger partial charge is 0.241 e. The Kier molecular flexibility index (Phi) is 12.8. The van der Waals surface area contributed by atoms with Gasteiger partial charge in [-0.15, -0.1) is 0 Å². The minimum atomic E-state index is -0.193. The van der Waals surface area contributed by atoms with Crippen molar-refractivity contribution in [2.75, 3.05) is 65.6 Å². The molecule has 2 heterocycles. The second-order valence-corrected chi connectivity index (χ2v) is 12.2. The number of anilines is 1. The number of amides is 3. The summed E-state index contributed by atoms with van der Waals surface area (Å²) < 4.78 is 16.9. The zero-order chi connectivity index (χ0) is 32.3. The molecule has 3 amide bonds. The number of nitrogens with two attached hydrogens (primary N) is 1. The number of likely N-dealkylation sites (tertiary alicyclic amines) is 1. The van der Waals surface area contributed by atoms with Gasteiger partial charge in [-0.2, -0.15) is 0 Å². The van der Waals surface area contributed by atoms with Crippen molar-refractivity contribution < 1.29 is 28.6 Å². The summed E-state index contributed by atoms with van der Waals surface area (Å²) in [6.07, 6.45) is 4.10. The lowest BCUT2D eigenvalue weighted by molar-refractivity contribution is -0.138. The lowest BCUT2D eigenvalue weighted by atomic mass is 9.93. The summed E-state index contributed by atoms with van der Waals surface area (Å²) in [6, 6.07) is 12.0. The van der Waals surface area contributed by atoms with Crippen molar-refractivity contribution in [2.45, 2.75) is 64.1 Å². The Labute approximate surface area is 267 Å². The van der Waals surface area contributed by atoms with Gasteiger partial charge in [-0.1, -0.05) is 25.5 Å². The molecule has 1 fully saturated rings. The van der Waals surface area contributed by atoms with E-state index in [-0.39, 0.29) is 43.5 Å². The van der Waals surface area contributed by atoms with E-state index in [1.165, 1.54) is 4.90 Å². The highest BCUT2D eigenvalue weighted by Gasteiger charge is 2.36. The van der Waals surface area contributed by atoms with Gasteiger partial charge in [-0.05, 0) is 74.7 Å². The van der Waals surface area contributed by atoms with Crippen LogP contribution in [0.3, 0.4) is 0 Å². The third kappa shape index (κ3) is 9.03. The highest BCUT2D eigenvalue weighted by atomic mass is 16.7. The maximum absolute atomic E-state index is 14.0. The van der Waals surface area contributed by atoms with Gasteiger partial charge < -0.3 is 29.7 Å². The van der Waals surface area contributed by atoms with Crippen LogP contribution in [0.25, 0.3) is 0 Å². The molecule has 2 aliphatic heterocycles. The van der Waals surface area contributed by atoms with Crippen LogP contribution in [-0.2, 0) is 32.3 Å². The number of methoxy groups -OCH3 is 1. The molecule has 4 rings (SSSR count). The van der Waals surface area contributed by atoms with Crippen LogP contribution in [-0.4, -0.2) is 99.7 Å². The topological polar surface area (TPSA) is 118 Å². The molecular weight excluding hydrogens is 574 g/mol. The highest BCUT2D eigenvalue weighted by molar-refractivity contribution is 5.95. The first-order chi connectivity index (χ1) is 21.8. The van der Waals surface area contributed by atoms with Crippen molar-refractivity contribution >= 4 is 23.9 Å². The molecule has 2 aromatic carbocycles. The summed E-state index contributed by atoms with van der Waals surface area (Å²) in [7, 11) is 5.45. The van der Waals surface area contributed by atoms with E-state index in [2.05, 4.69) is 17.9 Å². The molecule has 11 nitrogen and oxygen atoms in total. The molecule has 2 atom stereocenters. The van der Waals surface area contributed by atoms with Crippen molar-refractivity contribution in [3.8, 4) is 11.5 Å². The molecule has 0 aromatic heterocycles. The number of ether oxygens (including phenoxy) is 3. The van der Waals surface area contributed by atoms with E-state index in [9.17, 15) is 14.4 Å². The van der Waals surface area contributed by atoms with Crippen molar-refractivity contribution in [3.63, 3.8) is 0 Å². The normalized spacial score (nSPS) is 17.6. The van der Waals surface area contributed by atoms with Gasteiger partial charge in [0.25, 0.3) is 0 Å². The molecule has 0 spiro atoms. The lowest BCUT2D eigenvalue weighted by Crippen LogP contribution is -2.44. The summed E-state index contributed by atoms with van der Waals surface area (Å²) in [4.78, 5) is 46.0. The Bertz CT molecular complexity index is 1300. The average Bonchev–Trinajstić information content (AvgIpc) is 3.68. The van der Waals surface area contributed by atoms with E-state index in [4.69, 9.17) is 19.9 Å². The Morgan fingerprint density at radius 2 is 1.93 bits per heavy atom. The van der Waals surface area contributed by atoms with Crippen LogP contribution in [0.2, 0.25) is 0 Å². The molecule has 0 aliphatic carbocycles. The number of rotatable bonds is 17. The van der Waals surface area contributed by atoms with Crippen molar-refractivity contribution in [1.82, 2.24) is 14.7 Å². The van der Waals surface area contributed by atoms with Crippen LogP contribution in [0, 0.1) is 0 Å². The maximum Gasteiger partial charge on any atom is 0.241 e. The van der Waals surface area contributed by atoms with Gasteiger partial charge in [-0.3, -0.25) is 24.2 Å². The first-order valence-corrected chi connectivity index (χ1v) is 15.9. The summed E-state index contributed by atoms with van der Waals surface area (Å²) in [5.41, 5.74) is 9.76. The lowest BCUT2D eigenvalue weighted by Gasteiger charge is -2.29. The molecule has 11 heteroatoms. The molecular formula is C34H49N5O6. The monoisotopic (exact) mass is 623 g/mol. The quantitative estimate of drug-likeness (QED) is 0.265. The van der Waals surface area contributed by atoms with E-state index in [1.807, 2.05) is 54.2 Å². The second-order valence-electron chi connectivity index (χ2n) is 12.2. The van der Waals surface area contributed by atoms with Crippen LogP contribution in [0.1, 0.15) is 61.6 Å². The molecule has 0 bridgehead atoms. The summed E-state index contributed by atoms with van der Waals surface area (Å²) in [6.45, 7) is 5.45. The number of carbonyl (C=O) groups excluding carboxylic acids is 3. The first kappa shape index (κ1) is 34.4. The molecule has 2 aromatic rings. The van der Waals surface area contributed by atoms with Crippen molar-refractivity contribution in [1.29, 1.82) is 0 Å². The Balaban J connectivity index is 1.57. The molecule has 0 radical (unpaired) electrons. The molecule has 0 saturated carbocycles. The third-order valence-corrected chi connectivity index (χ3v) is 8.63. The SMILES string of the molecule is CCCCN(C(=O)CN1C[C@H](c2cc(COC)c3c(c2)OCO3)C[C@@H]1CCN(C=O)C(=O)CCN(C)C)c1cccc(CN)c1. The maximum atomic E-state index is 14.0. The fourth-order valence-electron chi connectivity index (χ4n) is 6.14. The first-order valence-electron chi connectivity index (χ1n) is 15.9. The number of benzene rings is 2. The van der Waals surface area contributed by atoms with Gasteiger partial charge in [0.2, 0.25) is 25.0 Å². The Morgan fingerprint density at radius 1 is 1.11 bits per heavy atom. The van der Waals surface area contributed by atoms with E-state index in [0.29, 0.717) is 63.7 Å². The van der Waals surface area contributed by atoms with Crippen LogP contribution in [0.15, 0.2) is 36.4 Å². The van der Waals surface area contributed by atoms with Gasteiger partial charge in [-0.25, -0.2) is 0 Å². The van der Waals surface area contributed by atoms with Gasteiger partial charge in [0.05, 0.1) is 13.2 Å². The molecule has 2 N–H and O–H groups in total. The van der Waals surface area contributed by atoms with Crippen LogP contribution >= 0.6 is 0 Å².